The highest BCUT2D eigenvalue weighted by Gasteiger charge is 2.23. The molecule has 0 spiro atoms. The molecule has 2 heterocycles. The minimum atomic E-state index is -0.401. The van der Waals surface area contributed by atoms with Crippen LogP contribution in [-0.4, -0.2) is 40.0 Å². The molecule has 1 aliphatic heterocycles. The van der Waals surface area contributed by atoms with Crippen molar-refractivity contribution in [3.8, 4) is 0 Å². The molecule has 1 saturated heterocycles. The van der Waals surface area contributed by atoms with Crippen LogP contribution in [0.4, 0.5) is 5.82 Å². The predicted octanol–water partition coefficient (Wildman–Crippen LogP) is -1.72. The van der Waals surface area contributed by atoms with E-state index < -0.39 is 5.69 Å². The Labute approximate surface area is 98.7 Å². The summed E-state index contributed by atoms with van der Waals surface area (Å²) in [6.07, 6.45) is 0. The molecule has 1 N–H and O–H groups in total. The lowest BCUT2D eigenvalue weighted by Crippen LogP contribution is -2.53. The zero-order valence-corrected chi connectivity index (χ0v) is 10.3. The molecular formula is C10H17N5O2. The van der Waals surface area contributed by atoms with Gasteiger partial charge in [0.2, 0.25) is 5.82 Å². The smallest absolute Gasteiger partial charge is 0.345 e. The summed E-state index contributed by atoms with van der Waals surface area (Å²) in [6.45, 7) is 4.38. The highest BCUT2D eigenvalue weighted by Crippen LogP contribution is 2.09. The Morgan fingerprint density at radius 3 is 2.71 bits per heavy atom. The number of anilines is 1. The fourth-order valence-corrected chi connectivity index (χ4v) is 2.02. The Bertz CT molecular complexity index is 532. The van der Waals surface area contributed by atoms with Crippen molar-refractivity contribution in [2.45, 2.75) is 13.0 Å². The maximum atomic E-state index is 12.0. The molecule has 0 amide bonds. The van der Waals surface area contributed by atoms with Crippen molar-refractivity contribution in [1.29, 1.82) is 0 Å². The van der Waals surface area contributed by atoms with Crippen molar-refractivity contribution in [2.24, 2.45) is 14.1 Å². The van der Waals surface area contributed by atoms with E-state index in [2.05, 4.69) is 10.4 Å². The number of hydrogen-bond acceptors (Lipinski definition) is 5. The molecule has 0 bridgehead atoms. The summed E-state index contributed by atoms with van der Waals surface area (Å²) in [5.74, 6) is 0.351. The van der Waals surface area contributed by atoms with E-state index in [1.807, 2.05) is 11.8 Å². The fourth-order valence-electron chi connectivity index (χ4n) is 2.02. The number of aryl methyl sites for hydroxylation is 1. The molecule has 1 unspecified atom stereocenters. The Balaban J connectivity index is 2.52. The van der Waals surface area contributed by atoms with Crippen LogP contribution in [0.5, 0.6) is 0 Å². The second-order valence-corrected chi connectivity index (χ2v) is 4.34. The summed E-state index contributed by atoms with van der Waals surface area (Å²) in [5, 5.41) is 7.32. The summed E-state index contributed by atoms with van der Waals surface area (Å²) in [7, 11) is 3.03. The number of hydrogen-bond donors (Lipinski definition) is 1. The Morgan fingerprint density at radius 1 is 1.35 bits per heavy atom. The number of nitrogens with one attached hydrogen (secondary N) is 1. The maximum Gasteiger partial charge on any atom is 0.346 e. The van der Waals surface area contributed by atoms with Crippen LogP contribution in [-0.2, 0) is 14.1 Å². The summed E-state index contributed by atoms with van der Waals surface area (Å²) >= 11 is 0. The molecule has 1 aromatic heterocycles. The third-order valence-corrected chi connectivity index (χ3v) is 3.08. The Morgan fingerprint density at radius 2 is 2.06 bits per heavy atom. The third kappa shape index (κ3) is 1.97. The Hall–Kier alpha value is -1.63. The molecule has 2 rings (SSSR count). The van der Waals surface area contributed by atoms with Gasteiger partial charge in [0, 0.05) is 39.8 Å². The lowest BCUT2D eigenvalue weighted by Gasteiger charge is -2.34. The van der Waals surface area contributed by atoms with Crippen molar-refractivity contribution >= 4 is 5.82 Å². The minimum absolute atomic E-state index is 0.196. The molecular weight excluding hydrogens is 222 g/mol. The summed E-state index contributed by atoms with van der Waals surface area (Å²) in [6, 6.07) is 0.196. The van der Waals surface area contributed by atoms with Crippen molar-refractivity contribution < 1.29 is 0 Å². The van der Waals surface area contributed by atoms with Crippen molar-refractivity contribution in [1.82, 2.24) is 19.7 Å². The monoisotopic (exact) mass is 239 g/mol. The Kier molecular flexibility index (Phi) is 3.01. The quantitative estimate of drug-likeness (QED) is 0.631. The van der Waals surface area contributed by atoms with Gasteiger partial charge in [-0.15, -0.1) is 5.10 Å². The molecule has 17 heavy (non-hydrogen) atoms. The van der Waals surface area contributed by atoms with Crippen LogP contribution in [0.25, 0.3) is 0 Å². The van der Waals surface area contributed by atoms with E-state index in [4.69, 9.17) is 0 Å². The van der Waals surface area contributed by atoms with Gasteiger partial charge >= 0.3 is 5.69 Å². The molecule has 0 aromatic carbocycles. The molecule has 7 heteroatoms. The maximum absolute atomic E-state index is 12.0. The van der Waals surface area contributed by atoms with Gasteiger partial charge in [-0.3, -0.25) is 9.36 Å². The molecule has 1 atom stereocenters. The minimum Gasteiger partial charge on any atom is -0.345 e. The van der Waals surface area contributed by atoms with Crippen molar-refractivity contribution in [3.05, 3.63) is 20.8 Å². The van der Waals surface area contributed by atoms with Crippen LogP contribution in [0.1, 0.15) is 6.92 Å². The third-order valence-electron chi connectivity index (χ3n) is 3.08. The zero-order chi connectivity index (χ0) is 12.6. The average molecular weight is 239 g/mol. The standard InChI is InChI=1S/C10H17N5O2/c1-7-6-11-4-5-15(7)8-9(16)13(2)10(17)14(3)12-8/h7,11H,4-6H2,1-3H3. The van der Waals surface area contributed by atoms with E-state index in [1.54, 1.807) is 7.05 Å². The lowest BCUT2D eigenvalue weighted by atomic mass is 10.2. The van der Waals surface area contributed by atoms with E-state index in [0.717, 1.165) is 24.2 Å². The van der Waals surface area contributed by atoms with Gasteiger partial charge in [0.15, 0.2) is 0 Å². The van der Waals surface area contributed by atoms with Gasteiger partial charge in [0.25, 0.3) is 5.56 Å². The number of piperazine rings is 1. The summed E-state index contributed by atoms with van der Waals surface area (Å²) in [4.78, 5) is 25.5. The van der Waals surface area contributed by atoms with Gasteiger partial charge in [-0.25, -0.2) is 9.48 Å². The molecule has 1 aliphatic rings. The second kappa shape index (κ2) is 4.33. The summed E-state index contributed by atoms with van der Waals surface area (Å²) in [5.41, 5.74) is -0.733. The van der Waals surface area contributed by atoms with Gasteiger partial charge in [-0.05, 0) is 6.92 Å². The molecule has 94 valence electrons. The normalized spacial score (nSPS) is 20.6. The first kappa shape index (κ1) is 11.8. The van der Waals surface area contributed by atoms with Gasteiger partial charge in [0.05, 0.1) is 0 Å². The lowest BCUT2D eigenvalue weighted by molar-refractivity contribution is 0.482. The van der Waals surface area contributed by atoms with Crippen LogP contribution in [0.3, 0.4) is 0 Å². The SMILES string of the molecule is CC1CNCCN1c1nn(C)c(=O)n(C)c1=O. The zero-order valence-electron chi connectivity index (χ0n) is 10.3. The van der Waals surface area contributed by atoms with Crippen molar-refractivity contribution in [2.75, 3.05) is 24.5 Å². The topological polar surface area (TPSA) is 72.2 Å². The van der Waals surface area contributed by atoms with E-state index in [9.17, 15) is 9.59 Å². The van der Waals surface area contributed by atoms with Crippen LogP contribution in [0, 0.1) is 0 Å². The van der Waals surface area contributed by atoms with Gasteiger partial charge in [-0.1, -0.05) is 0 Å². The van der Waals surface area contributed by atoms with E-state index in [1.165, 1.54) is 11.7 Å². The van der Waals surface area contributed by atoms with E-state index >= 15 is 0 Å². The molecule has 0 radical (unpaired) electrons. The van der Waals surface area contributed by atoms with Crippen LogP contribution < -0.4 is 21.5 Å². The van der Waals surface area contributed by atoms with E-state index in [0.29, 0.717) is 5.82 Å². The number of nitrogens with zero attached hydrogens (tertiary/aromatic N) is 4. The molecule has 0 aliphatic carbocycles. The van der Waals surface area contributed by atoms with Crippen molar-refractivity contribution in [3.63, 3.8) is 0 Å². The molecule has 1 aromatic rings. The van der Waals surface area contributed by atoms with Crippen LogP contribution in [0.2, 0.25) is 0 Å². The second-order valence-electron chi connectivity index (χ2n) is 4.34. The summed E-state index contributed by atoms with van der Waals surface area (Å²) < 4.78 is 2.29. The van der Waals surface area contributed by atoms with Crippen LogP contribution >= 0.6 is 0 Å². The first-order chi connectivity index (χ1) is 8.02. The highest BCUT2D eigenvalue weighted by atomic mass is 16.2. The van der Waals surface area contributed by atoms with Gasteiger partial charge in [0.1, 0.15) is 0 Å². The predicted molar refractivity (Wildman–Crippen MR) is 64.4 cm³/mol. The molecule has 0 saturated carbocycles. The number of aromatic nitrogens is 3. The largest absolute Gasteiger partial charge is 0.346 e. The van der Waals surface area contributed by atoms with E-state index in [-0.39, 0.29) is 11.6 Å². The highest BCUT2D eigenvalue weighted by molar-refractivity contribution is 5.37. The van der Waals surface area contributed by atoms with Gasteiger partial charge < -0.3 is 10.2 Å². The fraction of sp³-hybridized carbons (Fsp3) is 0.700. The first-order valence-corrected chi connectivity index (χ1v) is 5.64. The average Bonchev–Trinajstić information content (AvgIpc) is 2.32. The van der Waals surface area contributed by atoms with Gasteiger partial charge in [-0.2, -0.15) is 0 Å². The molecule has 7 nitrogen and oxygen atoms in total. The first-order valence-electron chi connectivity index (χ1n) is 5.64. The van der Waals surface area contributed by atoms with Crippen LogP contribution in [0.15, 0.2) is 9.59 Å². The molecule has 1 fully saturated rings. The number of rotatable bonds is 1.